The van der Waals surface area contributed by atoms with Gasteiger partial charge in [-0.25, -0.2) is 9.97 Å². The quantitative estimate of drug-likeness (QED) is 0.476. The molecule has 1 atom stereocenters. The fourth-order valence-electron chi connectivity index (χ4n) is 4.51. The molecule has 1 fully saturated rings. The van der Waals surface area contributed by atoms with Crippen LogP contribution in [-0.2, 0) is 4.79 Å². The van der Waals surface area contributed by atoms with Crippen LogP contribution in [0.3, 0.4) is 0 Å². The molecule has 1 amide bonds. The Balaban J connectivity index is 1.39. The lowest BCUT2D eigenvalue weighted by molar-refractivity contribution is -0.126. The lowest BCUT2D eigenvalue weighted by Crippen LogP contribution is -2.41. The standard InChI is InChI=1S/C26H34N4O3S/c1-6-32-21-9-8-20(14-22(21)33-7-2)17(4)29-25(31)19-10-12-30(13-11-19)24-23-16(3)18(5)34-26(23)28-15-27-24/h8-9,14-15,17,19H,6-7,10-13H2,1-5H3,(H,29,31)/t17-/m0/s1. The number of nitrogens with zero attached hydrogens (tertiary/aromatic N) is 3. The molecule has 0 bridgehead atoms. The number of thiophene rings is 1. The molecule has 3 aromatic rings. The molecule has 1 N–H and O–H groups in total. The molecule has 1 aromatic carbocycles. The number of anilines is 1. The number of rotatable bonds is 8. The zero-order chi connectivity index (χ0) is 24.2. The van der Waals surface area contributed by atoms with Gasteiger partial charge in [0.05, 0.1) is 24.6 Å². The molecule has 1 aliphatic rings. The van der Waals surface area contributed by atoms with E-state index in [1.807, 2.05) is 39.0 Å². The maximum absolute atomic E-state index is 13.1. The molecule has 1 saturated heterocycles. The van der Waals surface area contributed by atoms with E-state index in [0.717, 1.165) is 53.3 Å². The fraction of sp³-hybridized carbons (Fsp3) is 0.500. The number of amides is 1. The van der Waals surface area contributed by atoms with Gasteiger partial charge in [0.15, 0.2) is 11.5 Å². The van der Waals surface area contributed by atoms with E-state index in [1.165, 1.54) is 10.4 Å². The smallest absolute Gasteiger partial charge is 0.223 e. The van der Waals surface area contributed by atoms with Crippen LogP contribution in [0.15, 0.2) is 24.5 Å². The van der Waals surface area contributed by atoms with Gasteiger partial charge in [-0.15, -0.1) is 11.3 Å². The van der Waals surface area contributed by atoms with Gasteiger partial charge in [-0.1, -0.05) is 6.07 Å². The van der Waals surface area contributed by atoms with Gasteiger partial charge < -0.3 is 19.7 Å². The van der Waals surface area contributed by atoms with Gasteiger partial charge in [0.25, 0.3) is 0 Å². The first-order valence-electron chi connectivity index (χ1n) is 12.1. The van der Waals surface area contributed by atoms with Crippen LogP contribution < -0.4 is 19.7 Å². The number of nitrogens with one attached hydrogen (secondary N) is 1. The Hall–Kier alpha value is -2.87. The SMILES string of the molecule is CCOc1ccc([C@H](C)NC(=O)C2CCN(c3ncnc4sc(C)c(C)c34)CC2)cc1OCC. The van der Waals surface area contributed by atoms with Gasteiger partial charge in [0.2, 0.25) is 5.91 Å². The number of hydrogen-bond acceptors (Lipinski definition) is 7. The highest BCUT2D eigenvalue weighted by atomic mass is 32.1. The molecule has 0 unspecified atom stereocenters. The molecule has 0 aliphatic carbocycles. The summed E-state index contributed by atoms with van der Waals surface area (Å²) in [5.74, 6) is 2.54. The van der Waals surface area contributed by atoms with E-state index >= 15 is 0 Å². The highest BCUT2D eigenvalue weighted by molar-refractivity contribution is 7.18. The first-order valence-corrected chi connectivity index (χ1v) is 12.9. The third kappa shape index (κ3) is 4.97. The Labute approximate surface area is 205 Å². The molecule has 4 rings (SSSR count). The molecule has 8 heteroatoms. The van der Waals surface area contributed by atoms with Crippen LogP contribution >= 0.6 is 11.3 Å². The van der Waals surface area contributed by atoms with Crippen molar-refractivity contribution in [1.29, 1.82) is 0 Å². The number of aryl methyl sites for hydroxylation is 2. The average Bonchev–Trinajstić information content (AvgIpc) is 3.14. The van der Waals surface area contributed by atoms with Crippen LogP contribution in [-0.4, -0.2) is 42.2 Å². The topological polar surface area (TPSA) is 76.6 Å². The Morgan fingerprint density at radius 1 is 1.15 bits per heavy atom. The zero-order valence-corrected chi connectivity index (χ0v) is 21.5. The third-order valence-electron chi connectivity index (χ3n) is 6.54. The summed E-state index contributed by atoms with van der Waals surface area (Å²) in [6.45, 7) is 12.9. The lowest BCUT2D eigenvalue weighted by Gasteiger charge is -2.33. The van der Waals surface area contributed by atoms with Gasteiger partial charge in [-0.3, -0.25) is 4.79 Å². The minimum absolute atomic E-state index is 0.00426. The molecule has 34 heavy (non-hydrogen) atoms. The summed E-state index contributed by atoms with van der Waals surface area (Å²) in [7, 11) is 0. The van der Waals surface area contributed by atoms with Crippen LogP contribution in [0, 0.1) is 19.8 Å². The van der Waals surface area contributed by atoms with E-state index in [9.17, 15) is 4.79 Å². The monoisotopic (exact) mass is 482 g/mol. The molecule has 0 spiro atoms. The largest absolute Gasteiger partial charge is 0.490 e. The van der Waals surface area contributed by atoms with E-state index in [-0.39, 0.29) is 17.9 Å². The number of aromatic nitrogens is 2. The number of carbonyl (C=O) groups is 1. The lowest BCUT2D eigenvalue weighted by atomic mass is 9.95. The number of fused-ring (bicyclic) bond motifs is 1. The minimum atomic E-state index is -0.113. The predicted octanol–water partition coefficient (Wildman–Crippen LogP) is 5.20. The summed E-state index contributed by atoms with van der Waals surface area (Å²) in [6, 6.07) is 5.76. The van der Waals surface area contributed by atoms with Crippen molar-refractivity contribution in [3.05, 3.63) is 40.5 Å². The zero-order valence-electron chi connectivity index (χ0n) is 20.7. The van der Waals surface area contributed by atoms with Gasteiger partial charge in [-0.2, -0.15) is 0 Å². The summed E-state index contributed by atoms with van der Waals surface area (Å²) in [4.78, 5) is 26.7. The fourth-order valence-corrected chi connectivity index (χ4v) is 5.50. The number of hydrogen-bond donors (Lipinski definition) is 1. The molecule has 0 radical (unpaired) electrons. The van der Waals surface area contributed by atoms with E-state index in [2.05, 4.69) is 34.0 Å². The van der Waals surface area contributed by atoms with E-state index in [4.69, 9.17) is 9.47 Å². The first-order chi connectivity index (χ1) is 16.4. The Bertz CT molecular complexity index is 1150. The predicted molar refractivity (Wildman–Crippen MR) is 137 cm³/mol. The summed E-state index contributed by atoms with van der Waals surface area (Å²) < 4.78 is 11.4. The van der Waals surface area contributed by atoms with Crippen LogP contribution in [0.4, 0.5) is 5.82 Å². The normalized spacial score (nSPS) is 15.4. The van der Waals surface area contributed by atoms with Gasteiger partial charge in [0, 0.05) is 23.9 Å². The van der Waals surface area contributed by atoms with Crippen LogP contribution in [0.5, 0.6) is 11.5 Å². The van der Waals surface area contributed by atoms with Crippen molar-refractivity contribution >= 4 is 33.3 Å². The summed E-state index contributed by atoms with van der Waals surface area (Å²) >= 11 is 1.72. The molecule has 7 nitrogen and oxygen atoms in total. The van der Waals surface area contributed by atoms with E-state index < -0.39 is 0 Å². The number of benzene rings is 1. The van der Waals surface area contributed by atoms with Crippen molar-refractivity contribution in [2.45, 2.75) is 53.5 Å². The van der Waals surface area contributed by atoms with Gasteiger partial charge in [-0.05, 0) is 70.7 Å². The Morgan fingerprint density at radius 3 is 2.56 bits per heavy atom. The van der Waals surface area contributed by atoms with Crippen molar-refractivity contribution in [2.75, 3.05) is 31.2 Å². The van der Waals surface area contributed by atoms with Crippen LogP contribution in [0.25, 0.3) is 10.2 Å². The highest BCUT2D eigenvalue weighted by Gasteiger charge is 2.28. The second-order valence-electron chi connectivity index (χ2n) is 8.72. The molecule has 0 saturated carbocycles. The molecule has 1 aliphatic heterocycles. The second-order valence-corrected chi connectivity index (χ2v) is 9.93. The van der Waals surface area contributed by atoms with Crippen molar-refractivity contribution in [3.8, 4) is 11.5 Å². The summed E-state index contributed by atoms with van der Waals surface area (Å²) in [5, 5.41) is 4.36. The summed E-state index contributed by atoms with van der Waals surface area (Å²) in [5.41, 5.74) is 2.26. The van der Waals surface area contributed by atoms with Crippen LogP contribution in [0.2, 0.25) is 0 Å². The van der Waals surface area contributed by atoms with E-state index in [0.29, 0.717) is 19.0 Å². The second kappa shape index (κ2) is 10.6. The Morgan fingerprint density at radius 2 is 1.85 bits per heavy atom. The molecular formula is C26H34N4O3S. The average molecular weight is 483 g/mol. The number of carbonyl (C=O) groups excluding carboxylic acids is 1. The third-order valence-corrected chi connectivity index (χ3v) is 7.65. The maximum atomic E-state index is 13.1. The number of piperidine rings is 1. The molecule has 182 valence electrons. The van der Waals surface area contributed by atoms with Crippen molar-refractivity contribution in [2.24, 2.45) is 5.92 Å². The number of ether oxygens (including phenoxy) is 2. The maximum Gasteiger partial charge on any atom is 0.223 e. The van der Waals surface area contributed by atoms with Crippen molar-refractivity contribution in [3.63, 3.8) is 0 Å². The van der Waals surface area contributed by atoms with Gasteiger partial charge >= 0.3 is 0 Å². The van der Waals surface area contributed by atoms with Gasteiger partial charge in [0.1, 0.15) is 17.0 Å². The van der Waals surface area contributed by atoms with E-state index in [1.54, 1.807) is 17.7 Å². The van der Waals surface area contributed by atoms with Crippen molar-refractivity contribution < 1.29 is 14.3 Å². The Kier molecular flexibility index (Phi) is 7.56. The summed E-state index contributed by atoms with van der Waals surface area (Å²) in [6.07, 6.45) is 3.26. The highest BCUT2D eigenvalue weighted by Crippen LogP contribution is 2.36. The minimum Gasteiger partial charge on any atom is -0.490 e. The first kappa shape index (κ1) is 24.3. The van der Waals surface area contributed by atoms with Crippen molar-refractivity contribution in [1.82, 2.24) is 15.3 Å². The molecular weight excluding hydrogens is 448 g/mol. The van der Waals surface area contributed by atoms with Crippen LogP contribution in [0.1, 0.15) is 55.7 Å². The molecule has 2 aromatic heterocycles. The molecule has 3 heterocycles.